The lowest BCUT2D eigenvalue weighted by Gasteiger charge is -2.28. The summed E-state index contributed by atoms with van der Waals surface area (Å²) >= 11 is 0. The van der Waals surface area contributed by atoms with Crippen LogP contribution in [0.4, 0.5) is 4.79 Å². The first kappa shape index (κ1) is 35.3. The number of amides is 3. The van der Waals surface area contributed by atoms with Gasteiger partial charge in [-0.15, -0.1) is 0 Å². The van der Waals surface area contributed by atoms with Crippen molar-refractivity contribution in [3.05, 3.63) is 138 Å². The first-order valence-electron chi connectivity index (χ1n) is 18.5. The van der Waals surface area contributed by atoms with Crippen molar-refractivity contribution in [2.75, 3.05) is 13.1 Å². The fourth-order valence-corrected chi connectivity index (χ4v) is 7.82. The van der Waals surface area contributed by atoms with Gasteiger partial charge in [0, 0.05) is 13.1 Å². The molecule has 0 saturated carbocycles. The Kier molecular flexibility index (Phi) is 9.86. The quantitative estimate of drug-likeness (QED) is 0.0976. The molecule has 6 aromatic rings. The molecule has 0 spiro atoms. The zero-order chi connectivity index (χ0) is 37.9. The Bertz CT molecular complexity index is 2300. The van der Waals surface area contributed by atoms with Crippen LogP contribution in [0.2, 0.25) is 0 Å². The maximum atomic E-state index is 13.7. The molecule has 0 unspecified atom stereocenters. The number of hydrogen-bond donors (Lipinski definition) is 5. The van der Waals surface area contributed by atoms with Gasteiger partial charge in [-0.3, -0.25) is 9.59 Å². The summed E-state index contributed by atoms with van der Waals surface area (Å²) in [5.74, 6) is 1.32. The molecule has 3 amide bonds. The number of aromatic nitrogens is 4. The zero-order valence-corrected chi connectivity index (χ0v) is 30.1. The summed E-state index contributed by atoms with van der Waals surface area (Å²) < 4.78 is 0. The van der Waals surface area contributed by atoms with Crippen LogP contribution in [-0.4, -0.2) is 70.9 Å². The molecule has 12 heteroatoms. The number of benzene rings is 4. The van der Waals surface area contributed by atoms with E-state index in [0.29, 0.717) is 24.5 Å². The Morgan fingerprint density at radius 3 is 1.82 bits per heavy atom. The van der Waals surface area contributed by atoms with E-state index in [4.69, 9.17) is 0 Å². The maximum absolute atomic E-state index is 13.7. The normalized spacial score (nSPS) is 17.3. The Labute approximate surface area is 317 Å². The van der Waals surface area contributed by atoms with Gasteiger partial charge in [0.15, 0.2) is 0 Å². The number of phenolic OH excluding ortho intramolecular Hbond substituents is 1. The highest BCUT2D eigenvalue weighted by molar-refractivity contribution is 5.87. The molecule has 0 aliphatic carbocycles. The second-order valence-corrected chi connectivity index (χ2v) is 14.1. The number of rotatable bonds is 10. The fraction of sp³-hybridized carbons (Fsp3) is 0.233. The van der Waals surface area contributed by atoms with Gasteiger partial charge in [-0.2, -0.15) is 0 Å². The topological polar surface area (TPSA) is 168 Å². The third-order valence-corrected chi connectivity index (χ3v) is 10.6. The van der Waals surface area contributed by atoms with Crippen molar-refractivity contribution in [2.24, 2.45) is 0 Å². The lowest BCUT2D eigenvalue weighted by Crippen LogP contribution is -2.42. The van der Waals surface area contributed by atoms with Crippen LogP contribution >= 0.6 is 0 Å². The van der Waals surface area contributed by atoms with Crippen LogP contribution in [-0.2, 0) is 16.0 Å². The van der Waals surface area contributed by atoms with Crippen molar-refractivity contribution >= 4 is 17.9 Å². The zero-order valence-electron chi connectivity index (χ0n) is 30.1. The van der Waals surface area contributed by atoms with E-state index in [1.165, 1.54) is 0 Å². The highest BCUT2D eigenvalue weighted by atomic mass is 16.4. The molecule has 2 saturated heterocycles. The van der Waals surface area contributed by atoms with Crippen LogP contribution in [0.5, 0.6) is 5.75 Å². The highest BCUT2D eigenvalue weighted by Crippen LogP contribution is 2.35. The molecule has 278 valence electrons. The van der Waals surface area contributed by atoms with Crippen LogP contribution in [0.15, 0.2) is 116 Å². The van der Waals surface area contributed by atoms with Gasteiger partial charge in [0.2, 0.25) is 5.91 Å². The Balaban J connectivity index is 0.919. The van der Waals surface area contributed by atoms with Crippen molar-refractivity contribution in [3.8, 4) is 39.4 Å². The number of H-pyrrole nitrogens is 2. The van der Waals surface area contributed by atoms with Crippen molar-refractivity contribution < 1.29 is 24.6 Å². The number of carbonyl (C=O) groups excluding carboxylic acids is 2. The van der Waals surface area contributed by atoms with Gasteiger partial charge in [0.25, 0.3) is 5.91 Å². The molecule has 2 aliphatic heterocycles. The average Bonchev–Trinajstić information content (AvgIpc) is 4.04. The molecule has 12 nitrogen and oxygen atoms in total. The van der Waals surface area contributed by atoms with Crippen LogP contribution in [0.3, 0.4) is 0 Å². The molecule has 2 aromatic heterocycles. The number of phenols is 1. The lowest BCUT2D eigenvalue weighted by molar-refractivity contribution is -0.134. The second kappa shape index (κ2) is 15.3. The number of nitrogens with one attached hydrogen (secondary N) is 3. The van der Waals surface area contributed by atoms with E-state index in [-0.39, 0.29) is 36.1 Å². The van der Waals surface area contributed by atoms with Gasteiger partial charge < -0.3 is 35.3 Å². The highest BCUT2D eigenvalue weighted by Gasteiger charge is 2.37. The largest absolute Gasteiger partial charge is 0.508 e. The van der Waals surface area contributed by atoms with E-state index >= 15 is 0 Å². The van der Waals surface area contributed by atoms with Crippen LogP contribution < -0.4 is 5.32 Å². The molecule has 5 N–H and O–H groups in total. The van der Waals surface area contributed by atoms with E-state index in [1.54, 1.807) is 53.6 Å². The third kappa shape index (κ3) is 7.56. The SMILES string of the molecule is O=C(O)N[C@@H](C(=O)N1CCC[C@H]1c1ncc(-c2ccc(-c3ccc(-c4cnc([C@@H]5CCCN5C(=O)Cc5cccc(O)c5)[nH]4)cc3)cc2)[nH]1)c1ccccc1. The third-order valence-electron chi connectivity index (χ3n) is 10.6. The first-order chi connectivity index (χ1) is 26.8. The predicted molar refractivity (Wildman–Crippen MR) is 207 cm³/mol. The molecular weight excluding hydrogens is 695 g/mol. The van der Waals surface area contributed by atoms with E-state index in [2.05, 4.69) is 61.7 Å². The van der Waals surface area contributed by atoms with Gasteiger partial charge >= 0.3 is 6.09 Å². The van der Waals surface area contributed by atoms with Gasteiger partial charge in [-0.1, -0.05) is 91.0 Å². The first-order valence-corrected chi connectivity index (χ1v) is 18.5. The molecule has 2 aliphatic rings. The number of carbonyl (C=O) groups is 3. The maximum Gasteiger partial charge on any atom is 0.405 e. The van der Waals surface area contributed by atoms with Gasteiger partial charge in [-0.25, -0.2) is 14.8 Å². The molecule has 3 atom stereocenters. The van der Waals surface area contributed by atoms with E-state index in [0.717, 1.165) is 70.7 Å². The number of imidazole rings is 2. The minimum Gasteiger partial charge on any atom is -0.508 e. The smallest absolute Gasteiger partial charge is 0.405 e. The molecule has 4 aromatic carbocycles. The molecule has 55 heavy (non-hydrogen) atoms. The van der Waals surface area contributed by atoms with Crippen molar-refractivity contribution in [3.63, 3.8) is 0 Å². The summed E-state index contributed by atoms with van der Waals surface area (Å²) in [7, 11) is 0. The molecular formula is C43H41N7O5. The van der Waals surface area contributed by atoms with Crippen molar-refractivity contribution in [2.45, 2.75) is 50.2 Å². The van der Waals surface area contributed by atoms with Gasteiger partial charge in [0.1, 0.15) is 23.4 Å². The monoisotopic (exact) mass is 735 g/mol. The number of nitrogens with zero attached hydrogens (tertiary/aromatic N) is 4. The minimum atomic E-state index is -1.25. The van der Waals surface area contributed by atoms with Crippen LogP contribution in [0, 0.1) is 0 Å². The minimum absolute atomic E-state index is 0.0197. The second-order valence-electron chi connectivity index (χ2n) is 14.1. The Hall–Kier alpha value is -6.69. The summed E-state index contributed by atoms with van der Waals surface area (Å²) in [6.45, 7) is 1.19. The van der Waals surface area contributed by atoms with Gasteiger partial charge in [-0.05, 0) is 71.2 Å². The average molecular weight is 736 g/mol. The van der Waals surface area contributed by atoms with E-state index in [9.17, 15) is 24.6 Å². The Morgan fingerprint density at radius 1 is 0.709 bits per heavy atom. The van der Waals surface area contributed by atoms with Crippen LogP contribution in [0.1, 0.15) is 66.6 Å². The summed E-state index contributed by atoms with van der Waals surface area (Å²) in [4.78, 5) is 58.3. The number of likely N-dealkylation sites (tertiary alicyclic amines) is 2. The van der Waals surface area contributed by atoms with E-state index < -0.39 is 12.1 Å². The summed E-state index contributed by atoms with van der Waals surface area (Å²) in [6, 6.07) is 30.8. The van der Waals surface area contributed by atoms with E-state index in [1.807, 2.05) is 35.4 Å². The summed E-state index contributed by atoms with van der Waals surface area (Å²) in [5, 5.41) is 21.7. The fourth-order valence-electron chi connectivity index (χ4n) is 7.82. The molecule has 8 rings (SSSR count). The standard InChI is InChI=1S/C43H41N7O5/c51-33-10-4-7-27(23-33)24-38(52)49-21-5-11-36(49)40-44-25-34(46-40)30-17-13-28(14-18-30)29-15-19-31(20-16-29)35-26-45-41(47-35)37-12-6-22-50(37)42(53)39(48-43(54)55)32-8-2-1-3-9-32/h1-4,7-10,13-20,23,25-26,36-37,39,48,51H,5-6,11-12,21-22,24H2,(H,44,46)(H,45,47)(H,54,55)/t36-,37-,39+/m0/s1. The summed E-state index contributed by atoms with van der Waals surface area (Å²) in [5.41, 5.74) is 7.15. The number of aromatic hydroxyl groups is 1. The van der Waals surface area contributed by atoms with Crippen molar-refractivity contribution in [1.82, 2.24) is 35.1 Å². The molecule has 4 heterocycles. The molecule has 2 fully saturated rings. The Morgan fingerprint density at radius 2 is 1.25 bits per heavy atom. The summed E-state index contributed by atoms with van der Waals surface area (Å²) in [6.07, 6.45) is 5.84. The lowest BCUT2D eigenvalue weighted by atomic mass is 10.0. The molecule has 0 bridgehead atoms. The number of hydrogen-bond acceptors (Lipinski definition) is 6. The van der Waals surface area contributed by atoms with Gasteiger partial charge in [0.05, 0.1) is 42.3 Å². The number of aromatic amines is 2. The predicted octanol–water partition coefficient (Wildman–Crippen LogP) is 7.42. The number of carboxylic acid groups (broad SMARTS) is 1. The molecule has 0 radical (unpaired) electrons. The van der Waals surface area contributed by atoms with Crippen molar-refractivity contribution in [1.29, 1.82) is 0 Å². The van der Waals surface area contributed by atoms with Crippen LogP contribution in [0.25, 0.3) is 33.6 Å².